The van der Waals surface area contributed by atoms with E-state index in [9.17, 15) is 9.59 Å². The Morgan fingerprint density at radius 1 is 1.40 bits per heavy atom. The highest BCUT2D eigenvalue weighted by Crippen LogP contribution is 2.27. The minimum absolute atomic E-state index is 0.00467. The SMILES string of the molecule is C=CCC(C)NC(=O)c1ccccc1SC(C)C(=O)O. The fourth-order valence-electron chi connectivity index (χ4n) is 1.61. The molecule has 0 aliphatic heterocycles. The topological polar surface area (TPSA) is 66.4 Å². The number of hydrogen-bond acceptors (Lipinski definition) is 3. The van der Waals surface area contributed by atoms with Crippen molar-refractivity contribution in [1.29, 1.82) is 0 Å². The first kappa shape index (κ1) is 16.3. The van der Waals surface area contributed by atoms with Gasteiger partial charge in [0.05, 0.1) is 5.56 Å². The number of carbonyl (C=O) groups excluding carboxylic acids is 1. The quantitative estimate of drug-likeness (QED) is 0.599. The summed E-state index contributed by atoms with van der Waals surface area (Å²) in [5.74, 6) is -1.09. The van der Waals surface area contributed by atoms with Gasteiger partial charge in [-0.25, -0.2) is 0 Å². The number of rotatable bonds is 7. The lowest BCUT2D eigenvalue weighted by molar-refractivity contribution is -0.136. The Labute approximate surface area is 123 Å². The lowest BCUT2D eigenvalue weighted by Crippen LogP contribution is -2.32. The minimum atomic E-state index is -0.898. The first-order valence-corrected chi connectivity index (χ1v) is 7.24. The fourth-order valence-corrected chi connectivity index (χ4v) is 2.53. The van der Waals surface area contributed by atoms with Crippen LogP contribution in [0.15, 0.2) is 41.8 Å². The van der Waals surface area contributed by atoms with E-state index in [1.807, 2.05) is 6.92 Å². The van der Waals surface area contributed by atoms with Gasteiger partial charge in [0.2, 0.25) is 0 Å². The first-order valence-electron chi connectivity index (χ1n) is 6.36. The summed E-state index contributed by atoms with van der Waals surface area (Å²) in [5.41, 5.74) is 0.501. The number of aliphatic carboxylic acids is 1. The number of carboxylic acids is 1. The van der Waals surface area contributed by atoms with Crippen LogP contribution >= 0.6 is 11.8 Å². The maximum Gasteiger partial charge on any atom is 0.316 e. The third kappa shape index (κ3) is 4.74. The molecule has 2 atom stereocenters. The number of thioether (sulfide) groups is 1. The van der Waals surface area contributed by atoms with Gasteiger partial charge in [0, 0.05) is 10.9 Å². The second-order valence-electron chi connectivity index (χ2n) is 4.49. The van der Waals surface area contributed by atoms with Gasteiger partial charge in [-0.1, -0.05) is 18.2 Å². The lowest BCUT2D eigenvalue weighted by Gasteiger charge is -2.15. The highest BCUT2D eigenvalue weighted by Gasteiger charge is 2.18. The molecule has 0 aliphatic rings. The molecule has 0 saturated heterocycles. The number of carboxylic acid groups (broad SMARTS) is 1. The van der Waals surface area contributed by atoms with Crippen LogP contribution in [0.4, 0.5) is 0 Å². The predicted molar refractivity (Wildman–Crippen MR) is 81.1 cm³/mol. The standard InChI is InChI=1S/C15H19NO3S/c1-4-7-10(2)16-14(17)12-8-5-6-9-13(12)20-11(3)15(18)19/h4-6,8-11H,1,7H2,2-3H3,(H,16,17)(H,18,19). The average Bonchev–Trinajstić information content (AvgIpc) is 2.39. The summed E-state index contributed by atoms with van der Waals surface area (Å²) in [4.78, 5) is 23.8. The van der Waals surface area contributed by atoms with E-state index < -0.39 is 11.2 Å². The Balaban J connectivity index is 2.86. The normalized spacial score (nSPS) is 13.3. The molecule has 2 N–H and O–H groups in total. The van der Waals surface area contributed by atoms with E-state index >= 15 is 0 Å². The van der Waals surface area contributed by atoms with Crippen LogP contribution in [0.1, 0.15) is 30.6 Å². The summed E-state index contributed by atoms with van der Waals surface area (Å²) >= 11 is 1.17. The van der Waals surface area contributed by atoms with E-state index in [2.05, 4.69) is 11.9 Å². The van der Waals surface area contributed by atoms with Gasteiger partial charge in [-0.15, -0.1) is 18.3 Å². The van der Waals surface area contributed by atoms with E-state index in [4.69, 9.17) is 5.11 Å². The molecule has 1 rings (SSSR count). The lowest BCUT2D eigenvalue weighted by atomic mass is 10.2. The molecular weight excluding hydrogens is 274 g/mol. The van der Waals surface area contributed by atoms with Crippen molar-refractivity contribution in [2.24, 2.45) is 0 Å². The van der Waals surface area contributed by atoms with Crippen molar-refractivity contribution >= 4 is 23.6 Å². The van der Waals surface area contributed by atoms with E-state index in [1.54, 1.807) is 37.3 Å². The van der Waals surface area contributed by atoms with Gasteiger partial charge in [-0.05, 0) is 32.4 Å². The van der Waals surface area contributed by atoms with E-state index in [0.717, 1.165) is 0 Å². The summed E-state index contributed by atoms with van der Waals surface area (Å²) < 4.78 is 0. The second-order valence-corrected chi connectivity index (χ2v) is 5.88. The highest BCUT2D eigenvalue weighted by atomic mass is 32.2. The van der Waals surface area contributed by atoms with Crippen LogP contribution in [0.25, 0.3) is 0 Å². The molecule has 1 amide bonds. The summed E-state index contributed by atoms with van der Waals surface area (Å²) in [5, 5.41) is 11.2. The number of hydrogen-bond donors (Lipinski definition) is 2. The van der Waals surface area contributed by atoms with E-state index in [0.29, 0.717) is 16.9 Å². The van der Waals surface area contributed by atoms with Crippen molar-refractivity contribution < 1.29 is 14.7 Å². The van der Waals surface area contributed by atoms with Gasteiger partial charge in [0.15, 0.2) is 0 Å². The van der Waals surface area contributed by atoms with Gasteiger partial charge in [-0.3, -0.25) is 9.59 Å². The zero-order chi connectivity index (χ0) is 15.1. The summed E-state index contributed by atoms with van der Waals surface area (Å²) in [6.45, 7) is 7.13. The highest BCUT2D eigenvalue weighted by molar-refractivity contribution is 8.00. The van der Waals surface area contributed by atoms with Crippen LogP contribution in [0, 0.1) is 0 Å². The number of carbonyl (C=O) groups is 2. The molecule has 0 aliphatic carbocycles. The van der Waals surface area contributed by atoms with Crippen molar-refractivity contribution in [2.75, 3.05) is 0 Å². The van der Waals surface area contributed by atoms with E-state index in [1.165, 1.54) is 11.8 Å². The molecule has 2 unspecified atom stereocenters. The van der Waals surface area contributed by atoms with Gasteiger partial charge in [0.25, 0.3) is 5.91 Å². The second kappa shape index (κ2) is 7.75. The van der Waals surface area contributed by atoms with Crippen molar-refractivity contribution in [3.8, 4) is 0 Å². The molecule has 0 saturated carbocycles. The predicted octanol–water partition coefficient (Wildman–Crippen LogP) is 2.95. The smallest absolute Gasteiger partial charge is 0.316 e. The van der Waals surface area contributed by atoms with Gasteiger partial charge < -0.3 is 10.4 Å². The number of amides is 1. The Kier molecular flexibility index (Phi) is 6.31. The molecule has 0 aromatic heterocycles. The molecule has 0 radical (unpaired) electrons. The molecule has 4 nitrogen and oxygen atoms in total. The monoisotopic (exact) mass is 293 g/mol. The van der Waals surface area contributed by atoms with Gasteiger partial charge >= 0.3 is 5.97 Å². The van der Waals surface area contributed by atoms with Crippen LogP contribution < -0.4 is 5.32 Å². The molecule has 5 heteroatoms. The van der Waals surface area contributed by atoms with Crippen LogP contribution in [-0.2, 0) is 4.79 Å². The van der Waals surface area contributed by atoms with Crippen molar-refractivity contribution in [2.45, 2.75) is 36.5 Å². The molecule has 0 fully saturated rings. The zero-order valence-corrected chi connectivity index (χ0v) is 12.4. The summed E-state index contributed by atoms with van der Waals surface area (Å²) in [7, 11) is 0. The minimum Gasteiger partial charge on any atom is -0.480 e. The molecule has 1 aromatic rings. The Hall–Kier alpha value is -1.75. The third-order valence-corrected chi connectivity index (χ3v) is 3.85. The first-order chi connectivity index (χ1) is 9.45. The molecule has 0 spiro atoms. The van der Waals surface area contributed by atoms with Crippen molar-refractivity contribution in [1.82, 2.24) is 5.32 Å². The van der Waals surface area contributed by atoms with Crippen LogP contribution in [0.3, 0.4) is 0 Å². The average molecular weight is 293 g/mol. The maximum absolute atomic E-state index is 12.2. The maximum atomic E-state index is 12.2. The van der Waals surface area contributed by atoms with Gasteiger partial charge in [0.1, 0.15) is 5.25 Å². The molecule has 108 valence electrons. The van der Waals surface area contributed by atoms with E-state index in [-0.39, 0.29) is 11.9 Å². The Bertz CT molecular complexity index is 502. The molecular formula is C15H19NO3S. The summed E-state index contributed by atoms with van der Waals surface area (Å²) in [6.07, 6.45) is 2.44. The van der Waals surface area contributed by atoms with Crippen molar-refractivity contribution in [3.05, 3.63) is 42.5 Å². The third-order valence-electron chi connectivity index (χ3n) is 2.68. The Morgan fingerprint density at radius 3 is 2.65 bits per heavy atom. The van der Waals surface area contributed by atoms with Crippen molar-refractivity contribution in [3.63, 3.8) is 0 Å². The molecule has 0 bridgehead atoms. The molecule has 20 heavy (non-hydrogen) atoms. The largest absolute Gasteiger partial charge is 0.480 e. The van der Waals surface area contributed by atoms with Crippen LogP contribution in [0.2, 0.25) is 0 Å². The van der Waals surface area contributed by atoms with Crippen LogP contribution in [0.5, 0.6) is 0 Å². The fraction of sp³-hybridized carbons (Fsp3) is 0.333. The Morgan fingerprint density at radius 2 is 2.05 bits per heavy atom. The van der Waals surface area contributed by atoms with Gasteiger partial charge in [-0.2, -0.15) is 0 Å². The molecule has 0 heterocycles. The molecule has 1 aromatic carbocycles. The number of benzene rings is 1. The summed E-state index contributed by atoms with van der Waals surface area (Å²) in [6, 6.07) is 7.02. The number of nitrogens with one attached hydrogen (secondary N) is 1. The zero-order valence-electron chi connectivity index (χ0n) is 11.6. The van der Waals surface area contributed by atoms with Crippen LogP contribution in [-0.4, -0.2) is 28.3 Å².